The zero-order valence-corrected chi connectivity index (χ0v) is 25.4. The van der Waals surface area contributed by atoms with Crippen LogP contribution in [0.1, 0.15) is 53.5 Å². The number of ether oxygens (including phenoxy) is 2. The number of methoxy groups -OCH3 is 1. The van der Waals surface area contributed by atoms with E-state index in [4.69, 9.17) is 9.47 Å². The summed E-state index contributed by atoms with van der Waals surface area (Å²) in [6.07, 6.45) is 10.0. The number of benzene rings is 6. The third-order valence-electron chi connectivity index (χ3n) is 11.6. The molecule has 0 saturated heterocycles. The van der Waals surface area contributed by atoms with Crippen molar-refractivity contribution in [2.45, 2.75) is 36.7 Å². The maximum atomic E-state index is 7.61. The summed E-state index contributed by atoms with van der Waals surface area (Å²) in [4.78, 5) is 0. The molecule has 4 atom stereocenters. The van der Waals surface area contributed by atoms with E-state index in [9.17, 15) is 0 Å². The van der Waals surface area contributed by atoms with Crippen LogP contribution in [0.3, 0.4) is 0 Å². The summed E-state index contributed by atoms with van der Waals surface area (Å²) < 4.78 is 13.2. The lowest BCUT2D eigenvalue weighted by molar-refractivity contribution is 0.163. The van der Waals surface area contributed by atoms with Crippen molar-refractivity contribution >= 4 is 27.6 Å². The molecule has 6 aromatic carbocycles. The van der Waals surface area contributed by atoms with Crippen molar-refractivity contribution in [3.63, 3.8) is 0 Å². The van der Waals surface area contributed by atoms with Crippen LogP contribution in [0.2, 0.25) is 0 Å². The highest BCUT2D eigenvalue weighted by molar-refractivity contribution is 6.08. The van der Waals surface area contributed by atoms with Gasteiger partial charge in [0.05, 0.1) is 7.11 Å². The predicted octanol–water partition coefficient (Wildman–Crippen LogP) is 10.4. The van der Waals surface area contributed by atoms with E-state index in [1.807, 2.05) is 12.1 Å². The highest BCUT2D eigenvalue weighted by atomic mass is 16.5. The fraction of sp³-hybridized carbons (Fsp3) is 0.209. The van der Waals surface area contributed by atoms with Gasteiger partial charge in [0.25, 0.3) is 0 Å². The van der Waals surface area contributed by atoms with E-state index < -0.39 is 5.60 Å². The average molecular weight is 583 g/mol. The van der Waals surface area contributed by atoms with E-state index in [-0.39, 0.29) is 5.41 Å². The first-order chi connectivity index (χ1) is 22.2. The van der Waals surface area contributed by atoms with Gasteiger partial charge in [-0.05, 0) is 93.8 Å². The van der Waals surface area contributed by atoms with Gasteiger partial charge in [0, 0.05) is 27.5 Å². The Morgan fingerprint density at radius 3 is 2.29 bits per heavy atom. The molecule has 2 bridgehead atoms. The van der Waals surface area contributed by atoms with Crippen molar-refractivity contribution in [2.75, 3.05) is 7.11 Å². The van der Waals surface area contributed by atoms with E-state index in [2.05, 4.69) is 115 Å². The van der Waals surface area contributed by atoms with Crippen LogP contribution in [0.15, 0.2) is 121 Å². The molecular weight excluding hydrogens is 548 g/mol. The Kier molecular flexibility index (Phi) is 5.16. The number of hydrogen-bond acceptors (Lipinski definition) is 2. The highest BCUT2D eigenvalue weighted by Gasteiger charge is 2.58. The van der Waals surface area contributed by atoms with Crippen molar-refractivity contribution in [1.82, 2.24) is 0 Å². The Balaban J connectivity index is 1.28. The van der Waals surface area contributed by atoms with Gasteiger partial charge in [-0.3, -0.25) is 0 Å². The molecule has 218 valence electrons. The third kappa shape index (κ3) is 3.30. The molecule has 0 amide bonds. The first-order valence-corrected chi connectivity index (χ1v) is 16.4. The van der Waals surface area contributed by atoms with Crippen LogP contribution < -0.4 is 9.47 Å². The van der Waals surface area contributed by atoms with E-state index >= 15 is 0 Å². The predicted molar refractivity (Wildman–Crippen MR) is 183 cm³/mol. The van der Waals surface area contributed by atoms with Crippen molar-refractivity contribution in [3.05, 3.63) is 149 Å². The minimum atomic E-state index is -0.798. The maximum Gasteiger partial charge on any atom is 0.178 e. The lowest BCUT2D eigenvalue weighted by atomic mass is 9.65. The smallest absolute Gasteiger partial charge is 0.178 e. The summed E-state index contributed by atoms with van der Waals surface area (Å²) in [5.41, 5.74) is 8.66. The SMILES string of the molecule is COc1ccc(C2(c3ccc4ccccc4c3)C=Cc3c4c(c5ccccc5c3O2)-c2ccccc2C42CC3CCC2C3)cc1. The lowest BCUT2D eigenvalue weighted by Crippen LogP contribution is -2.36. The Morgan fingerprint density at radius 1 is 0.733 bits per heavy atom. The zero-order chi connectivity index (χ0) is 29.8. The molecule has 10 rings (SSSR count). The van der Waals surface area contributed by atoms with Gasteiger partial charge in [0.1, 0.15) is 11.5 Å². The molecular formula is C43H34O2. The fourth-order valence-electron chi connectivity index (χ4n) is 9.76. The van der Waals surface area contributed by atoms with Crippen LogP contribution in [0.25, 0.3) is 38.7 Å². The minimum absolute atomic E-state index is 0.0553. The number of fused-ring (bicyclic) bond motifs is 14. The molecule has 4 aliphatic rings. The molecule has 2 fully saturated rings. The van der Waals surface area contributed by atoms with Crippen LogP contribution in [0.4, 0.5) is 0 Å². The summed E-state index contributed by atoms with van der Waals surface area (Å²) in [5, 5.41) is 4.92. The quantitative estimate of drug-likeness (QED) is 0.207. The molecule has 0 radical (unpaired) electrons. The molecule has 4 unspecified atom stereocenters. The second-order valence-electron chi connectivity index (χ2n) is 13.6. The zero-order valence-electron chi connectivity index (χ0n) is 25.4. The van der Waals surface area contributed by atoms with Gasteiger partial charge in [0.15, 0.2) is 5.60 Å². The fourth-order valence-corrected chi connectivity index (χ4v) is 9.76. The van der Waals surface area contributed by atoms with Crippen LogP contribution >= 0.6 is 0 Å². The van der Waals surface area contributed by atoms with Gasteiger partial charge in [-0.1, -0.05) is 110 Å². The lowest BCUT2D eigenvalue weighted by Gasteiger charge is -2.41. The van der Waals surface area contributed by atoms with Crippen molar-refractivity contribution in [1.29, 1.82) is 0 Å². The Morgan fingerprint density at radius 2 is 1.49 bits per heavy atom. The molecule has 3 aliphatic carbocycles. The molecule has 2 nitrogen and oxygen atoms in total. The van der Waals surface area contributed by atoms with Crippen LogP contribution in [0.5, 0.6) is 11.5 Å². The maximum absolute atomic E-state index is 7.61. The van der Waals surface area contributed by atoms with Crippen molar-refractivity contribution < 1.29 is 9.47 Å². The van der Waals surface area contributed by atoms with E-state index in [0.717, 1.165) is 28.5 Å². The molecule has 2 heteroatoms. The molecule has 1 heterocycles. The molecule has 0 aromatic heterocycles. The largest absolute Gasteiger partial charge is 0.497 e. The molecule has 45 heavy (non-hydrogen) atoms. The first-order valence-electron chi connectivity index (χ1n) is 16.4. The monoisotopic (exact) mass is 582 g/mol. The van der Waals surface area contributed by atoms with Gasteiger partial charge in [-0.25, -0.2) is 0 Å². The average Bonchev–Trinajstić information content (AvgIpc) is 3.81. The van der Waals surface area contributed by atoms with Crippen LogP contribution in [-0.4, -0.2) is 7.11 Å². The van der Waals surface area contributed by atoms with Crippen molar-refractivity contribution in [3.8, 4) is 22.6 Å². The highest BCUT2D eigenvalue weighted by Crippen LogP contribution is 2.68. The molecule has 6 aromatic rings. The van der Waals surface area contributed by atoms with Gasteiger partial charge in [-0.2, -0.15) is 0 Å². The normalized spacial score (nSPS) is 25.4. The topological polar surface area (TPSA) is 18.5 Å². The Labute approximate surface area is 263 Å². The second kappa shape index (κ2) is 9.11. The molecule has 1 aliphatic heterocycles. The molecule has 0 N–H and O–H groups in total. The summed E-state index contributed by atoms with van der Waals surface area (Å²) >= 11 is 0. The standard InChI is InChI=1S/C43H34O2/c1-44-33-20-18-30(19-21-33)43(32-17-15-28-8-2-3-9-29(28)25-32)23-22-37-40-39(34-10-4-5-11-35(34)41(37)45-43)36-12-6-7-13-38(36)42(40)26-27-14-16-31(42)24-27/h2-13,15,17-23,25,27,31H,14,16,24,26H2,1H3. The molecule has 2 saturated carbocycles. The van der Waals surface area contributed by atoms with Crippen molar-refractivity contribution in [2.24, 2.45) is 11.8 Å². The third-order valence-corrected chi connectivity index (χ3v) is 11.6. The van der Waals surface area contributed by atoms with Gasteiger partial charge < -0.3 is 9.47 Å². The second-order valence-corrected chi connectivity index (χ2v) is 13.6. The summed E-state index contributed by atoms with van der Waals surface area (Å²) in [5.74, 6) is 3.33. The van der Waals surface area contributed by atoms with E-state index in [0.29, 0.717) is 5.92 Å². The summed E-state index contributed by atoms with van der Waals surface area (Å²) in [6.45, 7) is 0. The van der Waals surface area contributed by atoms with Crippen LogP contribution in [-0.2, 0) is 11.0 Å². The number of hydrogen-bond donors (Lipinski definition) is 0. The summed E-state index contributed by atoms with van der Waals surface area (Å²) in [6, 6.07) is 42.0. The van der Waals surface area contributed by atoms with E-state index in [1.165, 1.54) is 69.5 Å². The first kappa shape index (κ1) is 25.5. The Hall–Kier alpha value is -4.82. The Bertz CT molecular complexity index is 2210. The summed E-state index contributed by atoms with van der Waals surface area (Å²) in [7, 11) is 1.72. The number of rotatable bonds is 3. The minimum Gasteiger partial charge on any atom is -0.497 e. The van der Waals surface area contributed by atoms with Crippen LogP contribution in [0, 0.1) is 11.8 Å². The van der Waals surface area contributed by atoms with Gasteiger partial charge in [-0.15, -0.1) is 0 Å². The van der Waals surface area contributed by atoms with Gasteiger partial charge in [0.2, 0.25) is 0 Å². The molecule has 1 spiro atoms. The van der Waals surface area contributed by atoms with E-state index in [1.54, 1.807) is 12.7 Å². The van der Waals surface area contributed by atoms with Gasteiger partial charge >= 0.3 is 0 Å².